The van der Waals surface area contributed by atoms with E-state index in [4.69, 9.17) is 22.1 Å². The van der Waals surface area contributed by atoms with Gasteiger partial charge in [0.15, 0.2) is 0 Å². The van der Waals surface area contributed by atoms with E-state index in [0.29, 0.717) is 17.3 Å². The average Bonchev–Trinajstić information content (AvgIpc) is 2.22. The molecule has 2 N–H and O–H groups in total. The molecule has 0 atom stereocenters. The van der Waals surface area contributed by atoms with Gasteiger partial charge in [0.1, 0.15) is 0 Å². The first-order valence-corrected chi connectivity index (χ1v) is 6.09. The topological polar surface area (TPSA) is 35.2 Å². The molecule has 1 rings (SSSR count). The summed E-state index contributed by atoms with van der Waals surface area (Å²) in [5.74, 6) is 0.745. The lowest BCUT2D eigenvalue weighted by atomic mass is 10.1. The van der Waals surface area contributed by atoms with Gasteiger partial charge in [-0.2, -0.15) is 0 Å². The molecule has 16 heavy (non-hydrogen) atoms. The van der Waals surface area contributed by atoms with E-state index >= 15 is 0 Å². The Morgan fingerprint density at radius 3 is 2.75 bits per heavy atom. The van der Waals surface area contributed by atoms with Gasteiger partial charge in [0.25, 0.3) is 0 Å². The summed E-state index contributed by atoms with van der Waals surface area (Å²) >= 11 is 5.83. The summed E-state index contributed by atoms with van der Waals surface area (Å²) in [6, 6.07) is 5.62. The Morgan fingerprint density at radius 2 is 2.12 bits per heavy atom. The number of rotatable bonds is 6. The van der Waals surface area contributed by atoms with Crippen molar-refractivity contribution in [3.05, 3.63) is 28.8 Å². The summed E-state index contributed by atoms with van der Waals surface area (Å²) in [6.45, 7) is 5.86. The van der Waals surface area contributed by atoms with Gasteiger partial charge in [-0.3, -0.25) is 0 Å². The first kappa shape index (κ1) is 13.3. The lowest BCUT2D eigenvalue weighted by Crippen LogP contribution is -1.98. The largest absolute Gasteiger partial charge is 0.398 e. The van der Waals surface area contributed by atoms with E-state index in [1.54, 1.807) is 0 Å². The van der Waals surface area contributed by atoms with Crippen molar-refractivity contribution in [3.63, 3.8) is 0 Å². The molecule has 0 aromatic heterocycles. The molecule has 1 aromatic carbocycles. The number of nitrogen functional groups attached to an aromatic ring is 1. The van der Waals surface area contributed by atoms with Crippen LogP contribution in [0.1, 0.15) is 32.3 Å². The molecule has 0 heterocycles. The Balaban J connectivity index is 2.24. The fourth-order valence-electron chi connectivity index (χ4n) is 1.47. The van der Waals surface area contributed by atoms with Gasteiger partial charge in [0.2, 0.25) is 0 Å². The van der Waals surface area contributed by atoms with Crippen LogP contribution < -0.4 is 5.73 Å². The van der Waals surface area contributed by atoms with Crippen LogP contribution in [0.2, 0.25) is 5.02 Å². The van der Waals surface area contributed by atoms with Gasteiger partial charge < -0.3 is 10.5 Å². The number of nitrogens with two attached hydrogens (primary N) is 1. The van der Waals surface area contributed by atoms with Crippen molar-refractivity contribution in [1.82, 2.24) is 0 Å². The molecule has 0 aliphatic rings. The molecule has 0 amide bonds. The first-order valence-electron chi connectivity index (χ1n) is 5.71. The predicted octanol–water partition coefficient (Wildman–Crippen LogP) is 3.88. The van der Waals surface area contributed by atoms with Crippen molar-refractivity contribution < 1.29 is 4.74 Å². The number of halogens is 1. The zero-order valence-electron chi connectivity index (χ0n) is 10.0. The first-order chi connectivity index (χ1) is 7.59. The molecule has 0 aliphatic heterocycles. The highest BCUT2D eigenvalue weighted by atomic mass is 35.5. The predicted molar refractivity (Wildman–Crippen MR) is 69.6 cm³/mol. The Hall–Kier alpha value is -0.730. The minimum Gasteiger partial charge on any atom is -0.398 e. The van der Waals surface area contributed by atoms with Crippen molar-refractivity contribution in [1.29, 1.82) is 0 Å². The van der Waals surface area contributed by atoms with E-state index in [9.17, 15) is 0 Å². The van der Waals surface area contributed by atoms with Crippen LogP contribution in [0.4, 0.5) is 5.69 Å². The maximum absolute atomic E-state index is 5.83. The number of hydrogen-bond acceptors (Lipinski definition) is 2. The Kier molecular flexibility index (Phi) is 5.64. The summed E-state index contributed by atoms with van der Waals surface area (Å²) in [5.41, 5.74) is 7.39. The monoisotopic (exact) mass is 241 g/mol. The van der Waals surface area contributed by atoms with Gasteiger partial charge in [-0.1, -0.05) is 31.5 Å². The minimum absolute atomic E-state index is 0.601. The Bertz CT molecular complexity index is 326. The molecule has 0 saturated carbocycles. The molecule has 0 unspecified atom stereocenters. The maximum Gasteiger partial charge on any atom is 0.0717 e. The van der Waals surface area contributed by atoms with E-state index in [1.165, 1.54) is 6.42 Å². The van der Waals surface area contributed by atoms with E-state index in [1.807, 2.05) is 18.2 Å². The van der Waals surface area contributed by atoms with Crippen LogP contribution in [0.15, 0.2) is 18.2 Å². The molecule has 0 radical (unpaired) electrons. The van der Waals surface area contributed by atoms with Gasteiger partial charge >= 0.3 is 0 Å². The van der Waals surface area contributed by atoms with Crippen LogP contribution >= 0.6 is 11.6 Å². The van der Waals surface area contributed by atoms with E-state index in [2.05, 4.69) is 13.8 Å². The molecule has 0 aliphatic carbocycles. The van der Waals surface area contributed by atoms with E-state index in [0.717, 1.165) is 24.5 Å². The number of hydrogen-bond donors (Lipinski definition) is 1. The second-order valence-electron chi connectivity index (χ2n) is 4.44. The molecule has 2 nitrogen and oxygen atoms in total. The van der Waals surface area contributed by atoms with Crippen LogP contribution in [0.5, 0.6) is 0 Å². The lowest BCUT2D eigenvalue weighted by Gasteiger charge is -2.07. The third kappa shape index (κ3) is 4.86. The Morgan fingerprint density at radius 1 is 1.38 bits per heavy atom. The van der Waals surface area contributed by atoms with Crippen LogP contribution in [-0.4, -0.2) is 6.61 Å². The normalized spacial score (nSPS) is 11.0. The Labute approximate surface area is 103 Å². The average molecular weight is 242 g/mol. The molecule has 0 spiro atoms. The highest BCUT2D eigenvalue weighted by Crippen LogP contribution is 2.19. The standard InChI is InChI=1S/C13H20ClNO/c1-10(2)4-3-7-16-9-11-5-6-12(14)13(15)8-11/h5-6,8,10H,3-4,7,9,15H2,1-2H3. The molecule has 3 heteroatoms. The van der Waals surface area contributed by atoms with Crippen LogP contribution in [0.25, 0.3) is 0 Å². The van der Waals surface area contributed by atoms with Gasteiger partial charge in [-0.15, -0.1) is 0 Å². The van der Waals surface area contributed by atoms with E-state index < -0.39 is 0 Å². The highest BCUT2D eigenvalue weighted by molar-refractivity contribution is 6.33. The molecule has 0 saturated heterocycles. The van der Waals surface area contributed by atoms with Crippen molar-refractivity contribution >= 4 is 17.3 Å². The summed E-state index contributed by atoms with van der Waals surface area (Å²) in [4.78, 5) is 0. The van der Waals surface area contributed by atoms with Crippen LogP contribution in [0.3, 0.4) is 0 Å². The highest BCUT2D eigenvalue weighted by Gasteiger charge is 1.99. The number of ether oxygens (including phenoxy) is 1. The molecular weight excluding hydrogens is 222 g/mol. The summed E-state index contributed by atoms with van der Waals surface area (Å²) < 4.78 is 5.57. The third-order valence-electron chi connectivity index (χ3n) is 2.40. The molecule has 1 aromatic rings. The van der Waals surface area contributed by atoms with E-state index in [-0.39, 0.29) is 0 Å². The van der Waals surface area contributed by atoms with Gasteiger partial charge in [-0.05, 0) is 36.5 Å². The molecular formula is C13H20ClNO. The molecule has 0 fully saturated rings. The van der Waals surface area contributed by atoms with Gasteiger partial charge in [0.05, 0.1) is 17.3 Å². The SMILES string of the molecule is CC(C)CCCOCc1ccc(Cl)c(N)c1. The zero-order chi connectivity index (χ0) is 12.0. The second-order valence-corrected chi connectivity index (χ2v) is 4.85. The minimum atomic E-state index is 0.601. The van der Waals surface area contributed by atoms with Crippen molar-refractivity contribution in [2.45, 2.75) is 33.3 Å². The quantitative estimate of drug-likeness (QED) is 0.606. The molecule has 0 bridgehead atoms. The summed E-state index contributed by atoms with van der Waals surface area (Å²) in [6.07, 6.45) is 2.32. The third-order valence-corrected chi connectivity index (χ3v) is 2.74. The summed E-state index contributed by atoms with van der Waals surface area (Å²) in [7, 11) is 0. The van der Waals surface area contributed by atoms with Crippen LogP contribution in [-0.2, 0) is 11.3 Å². The second kappa shape index (κ2) is 6.77. The van der Waals surface area contributed by atoms with Crippen molar-refractivity contribution in [2.24, 2.45) is 5.92 Å². The lowest BCUT2D eigenvalue weighted by molar-refractivity contribution is 0.115. The van der Waals surface area contributed by atoms with Gasteiger partial charge in [0, 0.05) is 6.61 Å². The summed E-state index contributed by atoms with van der Waals surface area (Å²) in [5, 5.41) is 0.601. The fraction of sp³-hybridized carbons (Fsp3) is 0.538. The maximum atomic E-state index is 5.83. The zero-order valence-corrected chi connectivity index (χ0v) is 10.8. The van der Waals surface area contributed by atoms with Crippen molar-refractivity contribution in [2.75, 3.05) is 12.3 Å². The number of anilines is 1. The smallest absolute Gasteiger partial charge is 0.0717 e. The van der Waals surface area contributed by atoms with Crippen LogP contribution in [0, 0.1) is 5.92 Å². The van der Waals surface area contributed by atoms with Gasteiger partial charge in [-0.25, -0.2) is 0 Å². The fourth-order valence-corrected chi connectivity index (χ4v) is 1.58. The van der Waals surface area contributed by atoms with Crippen molar-refractivity contribution in [3.8, 4) is 0 Å². The number of benzene rings is 1. The molecule has 90 valence electrons.